The first-order valence-electron chi connectivity index (χ1n) is 9.69. The first-order valence-corrected chi connectivity index (χ1v) is 11.6. The van der Waals surface area contributed by atoms with Crippen molar-refractivity contribution in [3.63, 3.8) is 0 Å². The third kappa shape index (κ3) is 5.36. The summed E-state index contributed by atoms with van der Waals surface area (Å²) in [7, 11) is -1.43. The molecule has 0 radical (unpaired) electrons. The van der Waals surface area contributed by atoms with Crippen LogP contribution in [0, 0.1) is 13.8 Å². The maximum absolute atomic E-state index is 12.8. The van der Waals surface area contributed by atoms with Crippen LogP contribution in [0.5, 0.6) is 0 Å². The van der Waals surface area contributed by atoms with Gasteiger partial charge in [0.2, 0.25) is 15.9 Å². The van der Waals surface area contributed by atoms with Crippen LogP contribution in [-0.4, -0.2) is 66.3 Å². The summed E-state index contributed by atoms with van der Waals surface area (Å²) < 4.78 is 27.5. The number of hydrogen-bond acceptors (Lipinski definition) is 5. The lowest BCUT2D eigenvalue weighted by Crippen LogP contribution is -2.48. The van der Waals surface area contributed by atoms with E-state index >= 15 is 0 Å². The molecule has 0 bridgehead atoms. The van der Waals surface area contributed by atoms with Crippen LogP contribution in [0.15, 0.2) is 24.3 Å². The number of sulfonamides is 1. The van der Waals surface area contributed by atoms with E-state index in [1.807, 2.05) is 29.6 Å². The number of anilines is 1. The van der Waals surface area contributed by atoms with Crippen molar-refractivity contribution in [2.75, 3.05) is 37.2 Å². The molecule has 0 spiro atoms. The average Bonchev–Trinajstić information content (AvgIpc) is 2.89. The topological polar surface area (TPSA) is 87.5 Å². The number of para-hydroxylation sites is 1. The van der Waals surface area contributed by atoms with Gasteiger partial charge in [0, 0.05) is 51.0 Å². The molecule has 1 fully saturated rings. The van der Waals surface area contributed by atoms with E-state index in [0.717, 1.165) is 31.6 Å². The van der Waals surface area contributed by atoms with E-state index in [1.165, 1.54) is 11.3 Å². The van der Waals surface area contributed by atoms with Gasteiger partial charge in [0.1, 0.15) is 0 Å². The highest BCUT2D eigenvalue weighted by atomic mass is 32.2. The number of amides is 1. The Morgan fingerprint density at radius 2 is 1.79 bits per heavy atom. The lowest BCUT2D eigenvalue weighted by molar-refractivity contribution is -0.132. The molecule has 3 rings (SSSR count). The molecule has 1 N–H and O–H groups in total. The molecule has 0 aliphatic carbocycles. The van der Waals surface area contributed by atoms with Gasteiger partial charge in [-0.3, -0.25) is 19.1 Å². The molecule has 1 saturated heterocycles. The maximum atomic E-state index is 12.8. The summed E-state index contributed by atoms with van der Waals surface area (Å²) in [6, 6.07) is 7.03. The first kappa shape index (κ1) is 21.3. The zero-order chi connectivity index (χ0) is 21.2. The van der Waals surface area contributed by atoms with Gasteiger partial charge in [-0.25, -0.2) is 8.42 Å². The normalized spacial score (nSPS) is 15.5. The van der Waals surface area contributed by atoms with E-state index < -0.39 is 10.0 Å². The van der Waals surface area contributed by atoms with Gasteiger partial charge in [0.05, 0.1) is 24.1 Å². The van der Waals surface area contributed by atoms with Crippen molar-refractivity contribution in [2.45, 2.75) is 26.8 Å². The van der Waals surface area contributed by atoms with Crippen LogP contribution >= 0.6 is 0 Å². The van der Waals surface area contributed by atoms with Crippen LogP contribution in [0.3, 0.4) is 0 Å². The van der Waals surface area contributed by atoms with Gasteiger partial charge >= 0.3 is 0 Å². The lowest BCUT2D eigenvalue weighted by atomic mass is 10.1. The minimum Gasteiger partial charge on any atom is -0.340 e. The zero-order valence-corrected chi connectivity index (χ0v) is 18.3. The molecule has 158 valence electrons. The highest BCUT2D eigenvalue weighted by molar-refractivity contribution is 7.92. The number of rotatable bonds is 6. The van der Waals surface area contributed by atoms with E-state index in [2.05, 4.69) is 21.6 Å². The van der Waals surface area contributed by atoms with Crippen molar-refractivity contribution in [1.82, 2.24) is 19.6 Å². The molecule has 1 aromatic heterocycles. The quantitative estimate of drug-likeness (QED) is 0.763. The Labute approximate surface area is 172 Å². The van der Waals surface area contributed by atoms with Gasteiger partial charge in [-0.05, 0) is 25.5 Å². The summed E-state index contributed by atoms with van der Waals surface area (Å²) in [6.45, 7) is 7.90. The van der Waals surface area contributed by atoms with Crippen LogP contribution in [-0.2, 0) is 34.8 Å². The molecule has 0 unspecified atom stereocenters. The lowest BCUT2D eigenvalue weighted by Gasteiger charge is -2.35. The summed E-state index contributed by atoms with van der Waals surface area (Å²) in [4.78, 5) is 17.0. The monoisotopic (exact) mass is 419 g/mol. The molecule has 1 aliphatic heterocycles. The molecule has 29 heavy (non-hydrogen) atoms. The zero-order valence-electron chi connectivity index (χ0n) is 17.5. The highest BCUT2D eigenvalue weighted by Gasteiger charge is 2.23. The Morgan fingerprint density at radius 1 is 1.14 bits per heavy atom. The van der Waals surface area contributed by atoms with Crippen molar-refractivity contribution in [2.24, 2.45) is 7.05 Å². The molecule has 9 heteroatoms. The standard InChI is InChI=1S/C20H29N5O3S/c1-15-18(16(2)23(3)21-15)14-24-9-11-25(12-10-24)20(26)13-17-7-5-6-8-19(17)22-29(4,27)28/h5-8,22H,9-14H2,1-4H3. The summed E-state index contributed by atoms with van der Waals surface area (Å²) in [5.74, 6) is 0.0149. The number of aromatic nitrogens is 2. The highest BCUT2D eigenvalue weighted by Crippen LogP contribution is 2.19. The average molecular weight is 420 g/mol. The van der Waals surface area contributed by atoms with Crippen molar-refractivity contribution >= 4 is 21.6 Å². The molecule has 1 amide bonds. The fourth-order valence-electron chi connectivity index (χ4n) is 3.67. The van der Waals surface area contributed by atoms with E-state index in [0.29, 0.717) is 24.3 Å². The second kappa shape index (κ2) is 8.54. The van der Waals surface area contributed by atoms with Gasteiger partial charge in [-0.15, -0.1) is 0 Å². The van der Waals surface area contributed by atoms with Crippen molar-refractivity contribution in [3.05, 3.63) is 46.8 Å². The molecule has 0 atom stereocenters. The third-order valence-corrected chi connectivity index (χ3v) is 6.01. The number of nitrogens with one attached hydrogen (secondary N) is 1. The number of benzene rings is 1. The predicted octanol–water partition coefficient (Wildman–Crippen LogP) is 1.30. The van der Waals surface area contributed by atoms with Crippen LogP contribution in [0.25, 0.3) is 0 Å². The minimum atomic E-state index is -3.39. The van der Waals surface area contributed by atoms with Crippen LogP contribution in [0.2, 0.25) is 0 Å². The number of carbonyl (C=O) groups is 1. The molecular formula is C20H29N5O3S. The van der Waals surface area contributed by atoms with Gasteiger partial charge in [-0.2, -0.15) is 5.10 Å². The second-order valence-corrected chi connectivity index (χ2v) is 9.39. The van der Waals surface area contributed by atoms with Crippen molar-refractivity contribution in [3.8, 4) is 0 Å². The largest absolute Gasteiger partial charge is 0.340 e. The van der Waals surface area contributed by atoms with Crippen LogP contribution in [0.1, 0.15) is 22.5 Å². The Bertz CT molecular complexity index is 992. The fraction of sp³-hybridized carbons (Fsp3) is 0.500. The predicted molar refractivity (Wildman–Crippen MR) is 113 cm³/mol. The van der Waals surface area contributed by atoms with E-state index in [4.69, 9.17) is 0 Å². The summed E-state index contributed by atoms with van der Waals surface area (Å²) in [5, 5.41) is 4.48. The van der Waals surface area contributed by atoms with Gasteiger partial charge < -0.3 is 4.90 Å². The number of aryl methyl sites for hydroxylation is 2. The fourth-order valence-corrected chi connectivity index (χ4v) is 4.27. The third-order valence-electron chi connectivity index (χ3n) is 5.42. The molecule has 1 aromatic carbocycles. The van der Waals surface area contributed by atoms with Gasteiger partial charge in [-0.1, -0.05) is 18.2 Å². The Hall–Kier alpha value is -2.39. The first-order chi connectivity index (χ1) is 13.6. The number of hydrogen-bond donors (Lipinski definition) is 1. The van der Waals surface area contributed by atoms with E-state index in [9.17, 15) is 13.2 Å². The number of piperazine rings is 1. The van der Waals surface area contributed by atoms with E-state index in [1.54, 1.807) is 18.2 Å². The SMILES string of the molecule is Cc1nn(C)c(C)c1CN1CCN(C(=O)Cc2ccccc2NS(C)(=O)=O)CC1. The van der Waals surface area contributed by atoms with Crippen molar-refractivity contribution in [1.29, 1.82) is 0 Å². The number of nitrogens with zero attached hydrogens (tertiary/aromatic N) is 4. The Kier molecular flexibility index (Phi) is 6.28. The Balaban J connectivity index is 1.58. The molecule has 8 nitrogen and oxygen atoms in total. The van der Waals surface area contributed by atoms with Crippen LogP contribution in [0.4, 0.5) is 5.69 Å². The van der Waals surface area contributed by atoms with Crippen LogP contribution < -0.4 is 4.72 Å². The van der Waals surface area contributed by atoms with Gasteiger partial charge in [0.15, 0.2) is 0 Å². The van der Waals surface area contributed by atoms with Crippen molar-refractivity contribution < 1.29 is 13.2 Å². The molecule has 2 heterocycles. The second-order valence-electron chi connectivity index (χ2n) is 7.64. The Morgan fingerprint density at radius 3 is 2.38 bits per heavy atom. The summed E-state index contributed by atoms with van der Waals surface area (Å²) in [5.41, 5.74) is 4.64. The van der Waals surface area contributed by atoms with Gasteiger partial charge in [0.25, 0.3) is 0 Å². The molecule has 0 saturated carbocycles. The minimum absolute atomic E-state index is 0.0149. The van der Waals surface area contributed by atoms with E-state index in [-0.39, 0.29) is 12.3 Å². The maximum Gasteiger partial charge on any atom is 0.229 e. The molecule has 2 aromatic rings. The number of carbonyl (C=O) groups excluding carboxylic acids is 1. The summed E-state index contributed by atoms with van der Waals surface area (Å²) >= 11 is 0. The smallest absolute Gasteiger partial charge is 0.229 e. The molecule has 1 aliphatic rings. The summed E-state index contributed by atoms with van der Waals surface area (Å²) in [6.07, 6.45) is 1.29. The molecular weight excluding hydrogens is 390 g/mol.